The molecule has 0 aliphatic heterocycles. The standard InChI is InChI=1S/C12H20N2O/c1-8(2)10(4)13-12(15)11-7-6-9(3)14(11)5/h6-8,10H,1-5H3,(H,13,15)/t10-/m0/s1. The van der Waals surface area contributed by atoms with Crippen LogP contribution in [0.2, 0.25) is 0 Å². The van der Waals surface area contributed by atoms with Crippen molar-refractivity contribution in [2.75, 3.05) is 0 Å². The molecule has 1 atom stereocenters. The van der Waals surface area contributed by atoms with E-state index in [1.807, 2.05) is 37.6 Å². The van der Waals surface area contributed by atoms with E-state index in [0.29, 0.717) is 5.92 Å². The number of aryl methyl sites for hydroxylation is 1. The maximum absolute atomic E-state index is 11.9. The predicted octanol–water partition coefficient (Wildman–Crippen LogP) is 2.11. The van der Waals surface area contributed by atoms with Gasteiger partial charge in [-0.15, -0.1) is 0 Å². The van der Waals surface area contributed by atoms with Gasteiger partial charge in [0, 0.05) is 18.8 Å². The van der Waals surface area contributed by atoms with Crippen LogP contribution in [0.25, 0.3) is 0 Å². The summed E-state index contributed by atoms with van der Waals surface area (Å²) in [6.07, 6.45) is 0. The van der Waals surface area contributed by atoms with Gasteiger partial charge < -0.3 is 9.88 Å². The summed E-state index contributed by atoms with van der Waals surface area (Å²) >= 11 is 0. The van der Waals surface area contributed by atoms with Crippen molar-refractivity contribution in [3.8, 4) is 0 Å². The van der Waals surface area contributed by atoms with Gasteiger partial charge in [-0.25, -0.2) is 0 Å². The monoisotopic (exact) mass is 208 g/mol. The zero-order chi connectivity index (χ0) is 11.6. The molecule has 0 radical (unpaired) electrons. The van der Waals surface area contributed by atoms with Crippen molar-refractivity contribution in [3.05, 3.63) is 23.5 Å². The molecule has 0 aliphatic rings. The third-order valence-electron chi connectivity index (χ3n) is 2.96. The number of hydrogen-bond donors (Lipinski definition) is 1. The number of rotatable bonds is 3. The summed E-state index contributed by atoms with van der Waals surface area (Å²) in [7, 11) is 1.91. The third kappa shape index (κ3) is 2.61. The lowest BCUT2D eigenvalue weighted by molar-refractivity contribution is 0.0922. The number of carbonyl (C=O) groups is 1. The highest BCUT2D eigenvalue weighted by molar-refractivity contribution is 5.93. The van der Waals surface area contributed by atoms with Gasteiger partial charge in [0.05, 0.1) is 0 Å². The van der Waals surface area contributed by atoms with Gasteiger partial charge in [0.15, 0.2) is 0 Å². The lowest BCUT2D eigenvalue weighted by Crippen LogP contribution is -2.36. The molecule has 0 unspecified atom stereocenters. The first kappa shape index (κ1) is 11.8. The van der Waals surface area contributed by atoms with Crippen molar-refractivity contribution in [1.82, 2.24) is 9.88 Å². The summed E-state index contributed by atoms with van der Waals surface area (Å²) in [5.41, 5.74) is 1.82. The molecule has 1 amide bonds. The molecule has 0 bridgehead atoms. The van der Waals surface area contributed by atoms with Crippen LogP contribution in [0.4, 0.5) is 0 Å². The Morgan fingerprint density at radius 3 is 2.33 bits per heavy atom. The minimum absolute atomic E-state index is 0.00630. The SMILES string of the molecule is Cc1ccc(C(=O)N[C@@H](C)C(C)C)n1C. The molecular weight excluding hydrogens is 188 g/mol. The van der Waals surface area contributed by atoms with Crippen molar-refractivity contribution in [3.63, 3.8) is 0 Å². The Balaban J connectivity index is 2.74. The maximum Gasteiger partial charge on any atom is 0.268 e. The van der Waals surface area contributed by atoms with Crippen LogP contribution >= 0.6 is 0 Å². The van der Waals surface area contributed by atoms with Crippen LogP contribution in [0.3, 0.4) is 0 Å². The van der Waals surface area contributed by atoms with Crippen molar-refractivity contribution >= 4 is 5.91 Å². The van der Waals surface area contributed by atoms with E-state index in [2.05, 4.69) is 19.2 Å². The molecule has 0 saturated heterocycles. The zero-order valence-corrected chi connectivity index (χ0v) is 10.2. The molecule has 1 aromatic rings. The lowest BCUT2D eigenvalue weighted by atomic mass is 10.1. The van der Waals surface area contributed by atoms with Crippen LogP contribution in [0, 0.1) is 12.8 Å². The summed E-state index contributed by atoms with van der Waals surface area (Å²) in [6, 6.07) is 4.01. The van der Waals surface area contributed by atoms with Gasteiger partial charge in [-0.3, -0.25) is 4.79 Å². The first-order chi connectivity index (χ1) is 6.93. The summed E-state index contributed by atoms with van der Waals surface area (Å²) in [5, 5.41) is 2.99. The Bertz CT molecular complexity index is 353. The Morgan fingerprint density at radius 2 is 1.93 bits per heavy atom. The Morgan fingerprint density at radius 1 is 1.33 bits per heavy atom. The first-order valence-corrected chi connectivity index (χ1v) is 5.36. The topological polar surface area (TPSA) is 34.0 Å². The molecule has 1 rings (SSSR count). The molecule has 1 heterocycles. The molecule has 3 heteroatoms. The van der Waals surface area contributed by atoms with E-state index in [1.165, 1.54) is 0 Å². The summed E-state index contributed by atoms with van der Waals surface area (Å²) in [5.74, 6) is 0.460. The van der Waals surface area contributed by atoms with Crippen LogP contribution in [-0.2, 0) is 7.05 Å². The second-order valence-electron chi connectivity index (χ2n) is 4.43. The highest BCUT2D eigenvalue weighted by Crippen LogP contribution is 2.07. The highest BCUT2D eigenvalue weighted by Gasteiger charge is 2.15. The molecule has 1 aromatic heterocycles. The van der Waals surface area contributed by atoms with Gasteiger partial charge in [-0.1, -0.05) is 13.8 Å². The van der Waals surface area contributed by atoms with E-state index < -0.39 is 0 Å². The quantitative estimate of drug-likeness (QED) is 0.811. The number of carbonyl (C=O) groups excluding carboxylic acids is 1. The molecule has 0 saturated carbocycles. The maximum atomic E-state index is 11.9. The van der Waals surface area contributed by atoms with Gasteiger partial charge in [0.2, 0.25) is 0 Å². The van der Waals surface area contributed by atoms with Gasteiger partial charge in [-0.05, 0) is 31.9 Å². The van der Waals surface area contributed by atoms with Crippen molar-refractivity contribution in [2.24, 2.45) is 13.0 Å². The average molecular weight is 208 g/mol. The fourth-order valence-corrected chi connectivity index (χ4v) is 1.29. The largest absolute Gasteiger partial charge is 0.348 e. The van der Waals surface area contributed by atoms with Crippen molar-refractivity contribution in [2.45, 2.75) is 33.7 Å². The molecule has 84 valence electrons. The third-order valence-corrected chi connectivity index (χ3v) is 2.96. The second kappa shape index (κ2) is 4.51. The fourth-order valence-electron chi connectivity index (χ4n) is 1.29. The Kier molecular flexibility index (Phi) is 3.56. The lowest BCUT2D eigenvalue weighted by Gasteiger charge is -2.17. The number of hydrogen-bond acceptors (Lipinski definition) is 1. The Labute approximate surface area is 91.5 Å². The molecule has 0 aromatic carbocycles. The van der Waals surface area contributed by atoms with Crippen LogP contribution in [-0.4, -0.2) is 16.5 Å². The zero-order valence-electron chi connectivity index (χ0n) is 10.2. The smallest absolute Gasteiger partial charge is 0.268 e. The summed E-state index contributed by atoms with van der Waals surface area (Å²) in [6.45, 7) is 8.21. The van der Waals surface area contributed by atoms with Crippen molar-refractivity contribution in [1.29, 1.82) is 0 Å². The van der Waals surface area contributed by atoms with E-state index in [4.69, 9.17) is 0 Å². The van der Waals surface area contributed by atoms with E-state index in [1.54, 1.807) is 0 Å². The highest BCUT2D eigenvalue weighted by atomic mass is 16.2. The molecule has 1 N–H and O–H groups in total. The fraction of sp³-hybridized carbons (Fsp3) is 0.583. The van der Waals surface area contributed by atoms with Gasteiger partial charge >= 0.3 is 0 Å². The van der Waals surface area contributed by atoms with Crippen molar-refractivity contribution < 1.29 is 4.79 Å². The normalized spacial score (nSPS) is 12.9. The van der Waals surface area contributed by atoms with E-state index in [-0.39, 0.29) is 11.9 Å². The molecule has 3 nitrogen and oxygen atoms in total. The minimum atomic E-state index is 0.00630. The second-order valence-corrected chi connectivity index (χ2v) is 4.43. The van der Waals surface area contributed by atoms with Crippen LogP contribution in [0.5, 0.6) is 0 Å². The van der Waals surface area contributed by atoms with E-state index in [9.17, 15) is 4.79 Å². The van der Waals surface area contributed by atoms with Gasteiger partial charge in [0.25, 0.3) is 5.91 Å². The molecule has 0 aliphatic carbocycles. The van der Waals surface area contributed by atoms with Crippen LogP contribution in [0.1, 0.15) is 37.0 Å². The molecule has 15 heavy (non-hydrogen) atoms. The first-order valence-electron chi connectivity index (χ1n) is 5.36. The van der Waals surface area contributed by atoms with E-state index >= 15 is 0 Å². The summed E-state index contributed by atoms with van der Waals surface area (Å²) < 4.78 is 1.91. The summed E-state index contributed by atoms with van der Waals surface area (Å²) in [4.78, 5) is 11.9. The number of nitrogens with zero attached hydrogens (tertiary/aromatic N) is 1. The predicted molar refractivity (Wildman–Crippen MR) is 61.9 cm³/mol. The van der Waals surface area contributed by atoms with Crippen LogP contribution < -0.4 is 5.32 Å². The Hall–Kier alpha value is -1.25. The molecule has 0 fully saturated rings. The molecular formula is C12H20N2O. The van der Waals surface area contributed by atoms with Gasteiger partial charge in [-0.2, -0.15) is 0 Å². The van der Waals surface area contributed by atoms with E-state index in [0.717, 1.165) is 11.4 Å². The number of nitrogens with one attached hydrogen (secondary N) is 1. The number of amides is 1. The van der Waals surface area contributed by atoms with Crippen LogP contribution in [0.15, 0.2) is 12.1 Å². The number of aromatic nitrogens is 1. The molecule has 0 spiro atoms. The van der Waals surface area contributed by atoms with Gasteiger partial charge in [0.1, 0.15) is 5.69 Å². The average Bonchev–Trinajstić information content (AvgIpc) is 2.47. The minimum Gasteiger partial charge on any atom is -0.348 e.